The Balaban J connectivity index is 0.000000639. The molecule has 0 spiro atoms. The van der Waals surface area contributed by atoms with Crippen molar-refractivity contribution in [3.8, 4) is 5.75 Å². The van der Waals surface area contributed by atoms with Crippen LogP contribution in [0.25, 0.3) is 0 Å². The first-order valence-electron chi connectivity index (χ1n) is 13.0. The van der Waals surface area contributed by atoms with Crippen LogP contribution >= 0.6 is 23.5 Å². The summed E-state index contributed by atoms with van der Waals surface area (Å²) >= 11 is 6.57. The van der Waals surface area contributed by atoms with Gasteiger partial charge in [-0.05, 0) is 43.5 Å². The molecule has 236 valence electrons. The monoisotopic (exact) mass is 642 g/mol. The Kier molecular flexibility index (Phi) is 17.8. The third kappa shape index (κ3) is 12.3. The van der Waals surface area contributed by atoms with Crippen LogP contribution in [0.15, 0.2) is 53.5 Å². The number of hydrogen-bond acceptors (Lipinski definition) is 8. The van der Waals surface area contributed by atoms with Crippen LogP contribution in [0, 0.1) is 18.6 Å². The number of hydrogen-bond donors (Lipinski definition) is 2. The number of benzene rings is 2. The number of carbonyl (C=O) groups is 2. The number of halogens is 3. The molecule has 2 atom stereocenters. The number of nitrogens with one attached hydrogen (secondary N) is 1. The molecule has 3 rings (SSSR count). The third-order valence-electron chi connectivity index (χ3n) is 5.77. The summed E-state index contributed by atoms with van der Waals surface area (Å²) in [4.78, 5) is 34.8. The Morgan fingerprint density at radius 1 is 1.16 bits per heavy atom. The Morgan fingerprint density at radius 2 is 1.77 bits per heavy atom. The van der Waals surface area contributed by atoms with E-state index in [4.69, 9.17) is 25.9 Å². The van der Waals surface area contributed by atoms with Crippen molar-refractivity contribution in [3.05, 3.63) is 86.8 Å². The van der Waals surface area contributed by atoms with Gasteiger partial charge in [0.2, 0.25) is 12.8 Å². The standard InChI is InChI=1S/C20H25F2N3O5S.C7H7Cl.C2H5NO/c1-4-13(19-16(21)7-14(30-3)8-17(19)22)9-24(12-27)18-5-6-23-25(20(18)28)31-15(10-26)11-29-2;1-6-2-4-7(8)5-3-6;1-3-2-4/h5-8,12-13,15,26H,4,9-11H2,1-3H3;2-5H,1H3;2H,1H3,(H,3,4). The summed E-state index contributed by atoms with van der Waals surface area (Å²) in [5.41, 5.74) is 0.466. The number of amides is 2. The maximum atomic E-state index is 14.5. The van der Waals surface area contributed by atoms with E-state index in [1.807, 2.05) is 31.2 Å². The zero-order valence-electron chi connectivity index (χ0n) is 24.6. The molecule has 43 heavy (non-hydrogen) atoms. The molecule has 0 aliphatic carbocycles. The molecule has 0 aliphatic heterocycles. The Labute approximate surface area is 259 Å². The third-order valence-corrected chi connectivity index (χ3v) is 7.07. The van der Waals surface area contributed by atoms with Crippen molar-refractivity contribution in [2.24, 2.45) is 0 Å². The average molecular weight is 643 g/mol. The molecule has 14 heteroatoms. The molecule has 0 radical (unpaired) electrons. The van der Waals surface area contributed by atoms with Crippen LogP contribution in [0.1, 0.15) is 30.4 Å². The van der Waals surface area contributed by atoms with Crippen molar-refractivity contribution in [1.29, 1.82) is 0 Å². The lowest BCUT2D eigenvalue weighted by atomic mass is 9.94. The second-order valence-corrected chi connectivity index (χ2v) is 10.5. The lowest BCUT2D eigenvalue weighted by Crippen LogP contribution is -2.35. The maximum absolute atomic E-state index is 14.5. The van der Waals surface area contributed by atoms with Crippen LogP contribution in [0.5, 0.6) is 5.75 Å². The van der Waals surface area contributed by atoms with E-state index in [2.05, 4.69) is 10.4 Å². The Morgan fingerprint density at radius 3 is 2.21 bits per heavy atom. The topological polar surface area (TPSA) is 123 Å². The van der Waals surface area contributed by atoms with Crippen LogP contribution < -0.4 is 20.5 Å². The number of ether oxygens (including phenoxy) is 2. The number of aryl methyl sites for hydroxylation is 1. The van der Waals surface area contributed by atoms with Gasteiger partial charge in [0.25, 0.3) is 0 Å². The van der Waals surface area contributed by atoms with Gasteiger partial charge in [-0.3, -0.25) is 14.4 Å². The minimum Gasteiger partial charge on any atom is -0.497 e. The molecule has 0 saturated heterocycles. The highest BCUT2D eigenvalue weighted by Crippen LogP contribution is 2.30. The molecule has 2 amide bonds. The minimum absolute atomic E-state index is 0.000570. The van der Waals surface area contributed by atoms with E-state index in [9.17, 15) is 23.5 Å². The summed E-state index contributed by atoms with van der Waals surface area (Å²) in [6, 6.07) is 11.3. The Hall–Kier alpha value is -3.52. The van der Waals surface area contributed by atoms with E-state index >= 15 is 0 Å². The number of rotatable bonds is 13. The molecule has 10 nitrogen and oxygen atoms in total. The lowest BCUT2D eigenvalue weighted by Gasteiger charge is -2.24. The van der Waals surface area contributed by atoms with Crippen LogP contribution in [0.4, 0.5) is 14.5 Å². The minimum atomic E-state index is -0.789. The van der Waals surface area contributed by atoms with E-state index in [-0.39, 0.29) is 36.8 Å². The Bertz CT molecular complexity index is 1290. The first-order valence-corrected chi connectivity index (χ1v) is 14.2. The fraction of sp³-hybridized carbons (Fsp3) is 0.379. The maximum Gasteiger partial charge on any atom is 0.301 e. The van der Waals surface area contributed by atoms with Gasteiger partial charge in [0.1, 0.15) is 23.1 Å². The van der Waals surface area contributed by atoms with Crippen molar-refractivity contribution >= 4 is 42.1 Å². The number of aromatic nitrogens is 2. The van der Waals surface area contributed by atoms with Crippen molar-refractivity contribution in [3.63, 3.8) is 0 Å². The molecule has 0 bridgehead atoms. The van der Waals surface area contributed by atoms with Crippen LogP contribution in [-0.4, -0.2) is 73.4 Å². The molecule has 0 fully saturated rings. The van der Waals surface area contributed by atoms with Crippen LogP contribution in [0.3, 0.4) is 0 Å². The van der Waals surface area contributed by atoms with Crippen molar-refractivity contribution in [2.75, 3.05) is 45.9 Å². The zero-order chi connectivity index (χ0) is 32.4. The molecule has 2 N–H and O–H groups in total. The second-order valence-electron chi connectivity index (χ2n) is 8.83. The molecule has 0 aliphatic rings. The smallest absolute Gasteiger partial charge is 0.301 e. The fourth-order valence-corrected chi connectivity index (χ4v) is 4.56. The van der Waals surface area contributed by atoms with Gasteiger partial charge in [0, 0.05) is 49.3 Å². The van der Waals surface area contributed by atoms with E-state index in [0.717, 1.165) is 38.1 Å². The molecular formula is C29H37ClF2N4O6S. The molecule has 2 aromatic carbocycles. The second kappa shape index (κ2) is 20.4. The zero-order valence-corrected chi connectivity index (χ0v) is 26.2. The lowest BCUT2D eigenvalue weighted by molar-refractivity contribution is -0.109. The van der Waals surface area contributed by atoms with E-state index in [0.29, 0.717) is 19.2 Å². The van der Waals surface area contributed by atoms with Crippen LogP contribution in [-0.2, 0) is 14.3 Å². The first kappa shape index (κ1) is 37.5. The van der Waals surface area contributed by atoms with Gasteiger partial charge in [-0.25, -0.2) is 8.78 Å². The van der Waals surface area contributed by atoms with Crippen molar-refractivity contribution in [1.82, 2.24) is 14.5 Å². The van der Waals surface area contributed by atoms with Gasteiger partial charge in [-0.15, -0.1) is 0 Å². The number of anilines is 1. The quantitative estimate of drug-likeness (QED) is 0.266. The predicted molar refractivity (Wildman–Crippen MR) is 165 cm³/mol. The number of nitrogens with zero attached hydrogens (tertiary/aromatic N) is 3. The summed E-state index contributed by atoms with van der Waals surface area (Å²) in [6.07, 6.45) is 2.71. The molecule has 3 aromatic rings. The summed E-state index contributed by atoms with van der Waals surface area (Å²) < 4.78 is 40.0. The van der Waals surface area contributed by atoms with E-state index < -0.39 is 28.4 Å². The largest absolute Gasteiger partial charge is 0.497 e. The van der Waals surface area contributed by atoms with Gasteiger partial charge in [-0.1, -0.05) is 36.2 Å². The summed E-state index contributed by atoms with van der Waals surface area (Å²) in [5, 5.41) is 16.0. The summed E-state index contributed by atoms with van der Waals surface area (Å²) in [5.74, 6) is -2.24. The van der Waals surface area contributed by atoms with Gasteiger partial charge < -0.3 is 24.8 Å². The fourth-order valence-electron chi connectivity index (χ4n) is 3.59. The average Bonchev–Trinajstić information content (AvgIpc) is 3.01. The summed E-state index contributed by atoms with van der Waals surface area (Å²) in [6.45, 7) is 3.59. The predicted octanol–water partition coefficient (Wildman–Crippen LogP) is 4.20. The summed E-state index contributed by atoms with van der Waals surface area (Å²) in [7, 11) is 4.33. The molecule has 1 heterocycles. The highest BCUT2D eigenvalue weighted by atomic mass is 35.5. The highest BCUT2D eigenvalue weighted by molar-refractivity contribution is 7.98. The molecule has 1 aromatic heterocycles. The first-order chi connectivity index (χ1) is 20.6. The number of methoxy groups -OCH3 is 2. The van der Waals surface area contributed by atoms with Crippen molar-refractivity contribution < 1.29 is 33.0 Å². The number of aliphatic hydroxyl groups excluding tert-OH is 1. The SMILES string of the molecule is CCC(CN(C=O)c1ccnn(SC(CO)COC)c1=O)c1c(F)cc(OC)cc1F.CNC=O.Cc1ccc(Cl)cc1. The van der Waals surface area contributed by atoms with E-state index in [1.165, 1.54) is 32.0 Å². The van der Waals surface area contributed by atoms with Gasteiger partial charge in [0.05, 0.1) is 31.8 Å². The number of carbonyl (C=O) groups excluding carboxylic acids is 2. The molecule has 0 saturated carbocycles. The molecule has 2 unspecified atom stereocenters. The number of aliphatic hydroxyl groups is 1. The molecular weight excluding hydrogens is 606 g/mol. The van der Waals surface area contributed by atoms with Crippen molar-refractivity contribution in [2.45, 2.75) is 31.4 Å². The van der Waals surface area contributed by atoms with Gasteiger partial charge in [-0.2, -0.15) is 9.19 Å². The van der Waals surface area contributed by atoms with Crippen LogP contribution in [0.2, 0.25) is 5.02 Å². The normalized spacial score (nSPS) is 11.6. The highest BCUT2D eigenvalue weighted by Gasteiger charge is 2.25. The van der Waals surface area contributed by atoms with Gasteiger partial charge >= 0.3 is 5.56 Å². The van der Waals surface area contributed by atoms with Gasteiger partial charge in [0.15, 0.2) is 0 Å². The van der Waals surface area contributed by atoms with E-state index in [1.54, 1.807) is 14.0 Å².